The number of rotatable bonds is 11. The predicted molar refractivity (Wildman–Crippen MR) is 229 cm³/mol. The summed E-state index contributed by atoms with van der Waals surface area (Å²) in [4.78, 5) is 26.9. The molecule has 3 aliphatic heterocycles. The van der Waals surface area contributed by atoms with E-state index >= 15 is 0 Å². The van der Waals surface area contributed by atoms with Crippen LogP contribution in [0.2, 0.25) is 0 Å². The van der Waals surface area contributed by atoms with E-state index in [1.54, 1.807) is 27.7 Å². The zero-order chi connectivity index (χ0) is 47.9. The van der Waals surface area contributed by atoms with Crippen LogP contribution in [0, 0.1) is 16.7 Å². The lowest BCUT2D eigenvalue weighted by atomic mass is 9.42. The van der Waals surface area contributed by atoms with Crippen LogP contribution in [-0.4, -0.2) is 171 Å². The summed E-state index contributed by atoms with van der Waals surface area (Å²) < 4.78 is 54.7. The summed E-state index contributed by atoms with van der Waals surface area (Å²) in [6, 6.07) is 5.53. The van der Waals surface area contributed by atoms with Crippen LogP contribution in [0.4, 0.5) is 0 Å². The highest BCUT2D eigenvalue weighted by atomic mass is 16.7. The summed E-state index contributed by atoms with van der Waals surface area (Å²) in [6.07, 6.45) is -8.46. The second-order valence-electron chi connectivity index (χ2n) is 20.4. The minimum atomic E-state index is -2.09. The molecule has 7 N–H and O–H groups in total. The van der Waals surface area contributed by atoms with Crippen LogP contribution in [-0.2, 0) is 47.4 Å². The van der Waals surface area contributed by atoms with Gasteiger partial charge in [0.1, 0.15) is 59.2 Å². The van der Waals surface area contributed by atoms with Crippen LogP contribution in [0.15, 0.2) is 35.9 Å². The number of aliphatic hydroxyl groups is 6. The topological polar surface area (TPSA) is 259 Å². The fourth-order valence-corrected chi connectivity index (χ4v) is 13.0. The standard InChI is InChI=1S/C48H70O18/c1-23-37(52)41(59-8)38(53)43(62-23)66-40-25(3)61-36(21-32(40)58-7)65-39-24(2)60-35(20-31(39)51)63-30-14-15-44(5)28(19-30)13-16-47(56)33(44)22-34(64-42(54)27-9-11-29(50)12-10-27)45(6)46(55,26(4)49)17-18-48(45,47)57/h9-13,23-25,30-41,43,50-53,55-57H,14-22H2,1-8H3/t23-,24-,25-,30+,31+,32+,33-,34-,35+,36+,37-,38-,39-,40-,41-,43+,44+,45-,46-,47+,48-/m1/s1. The number of esters is 1. The van der Waals surface area contributed by atoms with E-state index in [0.717, 1.165) is 5.57 Å². The number of phenols is 1. The van der Waals surface area contributed by atoms with E-state index < -0.39 is 131 Å². The highest BCUT2D eigenvalue weighted by Gasteiger charge is 2.81. The first-order chi connectivity index (χ1) is 31.0. The van der Waals surface area contributed by atoms with Crippen molar-refractivity contribution in [3.8, 4) is 5.75 Å². The molecule has 7 aliphatic rings. The van der Waals surface area contributed by atoms with Gasteiger partial charge in [0, 0.05) is 33.0 Å². The van der Waals surface area contributed by atoms with E-state index in [4.69, 9.17) is 42.6 Å². The predicted octanol–water partition coefficient (Wildman–Crippen LogP) is 2.32. The van der Waals surface area contributed by atoms with Crippen LogP contribution < -0.4 is 0 Å². The first-order valence-electron chi connectivity index (χ1n) is 23.5. The van der Waals surface area contributed by atoms with Crippen molar-refractivity contribution < 1.29 is 88.0 Å². The van der Waals surface area contributed by atoms with Gasteiger partial charge in [-0.3, -0.25) is 4.79 Å². The molecule has 1 aromatic carbocycles. The Hall–Kier alpha value is -2.66. The molecule has 3 saturated carbocycles. The number of hydrogen-bond donors (Lipinski definition) is 7. The van der Waals surface area contributed by atoms with Gasteiger partial charge in [-0.1, -0.05) is 18.6 Å². The zero-order valence-corrected chi connectivity index (χ0v) is 39.1. The Morgan fingerprint density at radius 3 is 2.06 bits per heavy atom. The third-order valence-corrected chi connectivity index (χ3v) is 17.0. The first-order valence-corrected chi connectivity index (χ1v) is 23.5. The van der Waals surface area contributed by atoms with Crippen LogP contribution in [0.1, 0.15) is 110 Å². The fraction of sp³-hybridized carbons (Fsp3) is 0.792. The van der Waals surface area contributed by atoms with Gasteiger partial charge in [0.15, 0.2) is 24.7 Å². The second kappa shape index (κ2) is 18.3. The molecule has 8 rings (SSSR count). The minimum Gasteiger partial charge on any atom is -0.508 e. The van der Waals surface area contributed by atoms with Gasteiger partial charge in [-0.2, -0.15) is 0 Å². The molecule has 18 heteroatoms. The van der Waals surface area contributed by atoms with Crippen molar-refractivity contribution in [1.82, 2.24) is 0 Å². The number of Topliss-reactive ketones (excluding diaryl/α,β-unsaturated/α-hetero) is 1. The largest absolute Gasteiger partial charge is 0.508 e. The Bertz CT molecular complexity index is 1950. The third-order valence-electron chi connectivity index (χ3n) is 17.0. The number of methoxy groups -OCH3 is 2. The van der Waals surface area contributed by atoms with Gasteiger partial charge in [-0.05, 0) is 109 Å². The van der Waals surface area contributed by atoms with Gasteiger partial charge in [0.05, 0.1) is 47.6 Å². The Balaban J connectivity index is 0.916. The van der Waals surface area contributed by atoms with Gasteiger partial charge in [-0.15, -0.1) is 0 Å². The number of ketones is 1. The lowest BCUT2D eigenvalue weighted by Crippen LogP contribution is -2.78. The number of fused-ring (bicyclic) bond motifs is 5. The molecular formula is C48H70O18. The molecule has 6 fully saturated rings. The lowest BCUT2D eigenvalue weighted by Gasteiger charge is -2.67. The molecule has 0 spiro atoms. The highest BCUT2D eigenvalue weighted by Crippen LogP contribution is 2.71. The van der Waals surface area contributed by atoms with Crippen molar-refractivity contribution in [3.05, 3.63) is 41.5 Å². The Kier molecular flexibility index (Phi) is 13.8. The molecule has 370 valence electrons. The molecule has 3 heterocycles. The van der Waals surface area contributed by atoms with E-state index in [1.807, 2.05) is 13.0 Å². The average molecular weight is 935 g/mol. The molecule has 66 heavy (non-hydrogen) atoms. The van der Waals surface area contributed by atoms with Crippen LogP contribution in [0.5, 0.6) is 5.75 Å². The van der Waals surface area contributed by atoms with Crippen molar-refractivity contribution in [2.75, 3.05) is 14.2 Å². The van der Waals surface area contributed by atoms with E-state index in [9.17, 15) is 45.3 Å². The van der Waals surface area contributed by atoms with Crippen LogP contribution in [0.25, 0.3) is 0 Å². The number of ether oxygens (including phenoxy) is 9. The second-order valence-corrected chi connectivity index (χ2v) is 20.4. The molecule has 0 unspecified atom stereocenters. The summed E-state index contributed by atoms with van der Waals surface area (Å²) >= 11 is 0. The van der Waals surface area contributed by atoms with Crippen molar-refractivity contribution in [2.45, 2.75) is 208 Å². The van der Waals surface area contributed by atoms with E-state index in [-0.39, 0.29) is 55.9 Å². The highest BCUT2D eigenvalue weighted by molar-refractivity contribution is 5.90. The number of aliphatic hydroxyl groups excluding tert-OH is 3. The molecule has 0 amide bonds. The van der Waals surface area contributed by atoms with E-state index in [0.29, 0.717) is 19.3 Å². The minimum absolute atomic E-state index is 0.0370. The Morgan fingerprint density at radius 1 is 0.758 bits per heavy atom. The third kappa shape index (κ3) is 7.98. The molecule has 0 bridgehead atoms. The summed E-state index contributed by atoms with van der Waals surface area (Å²) in [5.41, 5.74) is -7.20. The number of hydrogen-bond acceptors (Lipinski definition) is 18. The van der Waals surface area contributed by atoms with E-state index in [2.05, 4.69) is 0 Å². The summed E-state index contributed by atoms with van der Waals surface area (Å²) in [5, 5.41) is 80.4. The van der Waals surface area contributed by atoms with Crippen molar-refractivity contribution >= 4 is 11.8 Å². The van der Waals surface area contributed by atoms with Gasteiger partial charge >= 0.3 is 5.97 Å². The maximum atomic E-state index is 13.7. The molecule has 21 atom stereocenters. The maximum Gasteiger partial charge on any atom is 0.338 e. The number of carbonyl (C=O) groups is 2. The first kappa shape index (κ1) is 49.8. The molecule has 1 aromatic rings. The Labute approximate surface area is 385 Å². The van der Waals surface area contributed by atoms with Crippen molar-refractivity contribution in [2.24, 2.45) is 16.7 Å². The van der Waals surface area contributed by atoms with Crippen LogP contribution >= 0.6 is 0 Å². The fourth-order valence-electron chi connectivity index (χ4n) is 13.0. The SMILES string of the molecule is CO[C@H]1[C@@H](O)[C@H](O[C@H]2[C@@H](OC)C[C@H](O[C@H]3[C@@H](O)C[C@H](O[C@H]4CC[C@@]5(C)C(=CC[C@]6(O)[C@@H]5C[C@@H](OC(=O)c5ccc(O)cc5)[C@@]5(C)[C@]6(O)CC[C@@]5(O)C(C)=O)C4)O[C@@H]3C)O[C@@H]2C)O[C@H](C)[C@H]1O. The number of carbonyl (C=O) groups excluding carboxylic acids is 2. The van der Waals surface area contributed by atoms with Gasteiger partial charge in [-0.25, -0.2) is 4.79 Å². The Morgan fingerprint density at radius 2 is 1.42 bits per heavy atom. The molecule has 0 radical (unpaired) electrons. The smallest absolute Gasteiger partial charge is 0.338 e. The van der Waals surface area contributed by atoms with Crippen LogP contribution in [0.3, 0.4) is 0 Å². The monoisotopic (exact) mass is 934 g/mol. The van der Waals surface area contributed by atoms with Crippen molar-refractivity contribution in [3.63, 3.8) is 0 Å². The van der Waals surface area contributed by atoms with Gasteiger partial charge < -0.3 is 78.4 Å². The number of phenolic OH excluding ortho intramolecular Hbond substituents is 1. The summed E-state index contributed by atoms with van der Waals surface area (Å²) in [7, 11) is 2.93. The van der Waals surface area contributed by atoms with Crippen molar-refractivity contribution in [1.29, 1.82) is 0 Å². The van der Waals surface area contributed by atoms with E-state index in [1.165, 1.54) is 45.4 Å². The molecule has 18 nitrogen and oxygen atoms in total. The number of aromatic hydroxyl groups is 1. The average Bonchev–Trinajstić information content (AvgIpc) is 3.50. The normalized spacial score (nSPS) is 49.2. The molecule has 0 aromatic heterocycles. The molecule has 4 aliphatic carbocycles. The summed E-state index contributed by atoms with van der Waals surface area (Å²) in [5.74, 6) is -2.02. The van der Waals surface area contributed by atoms with Gasteiger partial charge in [0.25, 0.3) is 0 Å². The maximum absolute atomic E-state index is 13.7. The zero-order valence-electron chi connectivity index (χ0n) is 39.1. The lowest BCUT2D eigenvalue weighted by molar-refractivity contribution is -0.351. The van der Waals surface area contributed by atoms with Gasteiger partial charge in [0.2, 0.25) is 0 Å². The molecular weight excluding hydrogens is 865 g/mol. The quantitative estimate of drug-likeness (QED) is 0.124. The molecule has 3 saturated heterocycles. The summed E-state index contributed by atoms with van der Waals surface area (Å²) in [6.45, 7) is 10.1. The number of benzene rings is 1.